The van der Waals surface area contributed by atoms with E-state index in [1.807, 2.05) is 0 Å². The molecule has 0 aliphatic carbocycles. The molecular formula is C6H13Li. The average molecular weight is 92.1 g/mol. The van der Waals surface area contributed by atoms with Gasteiger partial charge in [-0.15, -0.1) is 0 Å². The summed E-state index contributed by atoms with van der Waals surface area (Å²) in [4.78, 5) is 0. The molecule has 0 aliphatic rings. The van der Waals surface area contributed by atoms with Gasteiger partial charge >= 0.3 is 55.4 Å². The number of hydrogen-bond donors (Lipinski definition) is 0. The van der Waals surface area contributed by atoms with Crippen molar-refractivity contribution < 1.29 is 0 Å². The first kappa shape index (κ1) is 7.60. The molecule has 1 heteroatoms. The van der Waals surface area contributed by atoms with E-state index in [4.69, 9.17) is 0 Å². The second-order valence-electron chi connectivity index (χ2n) is 2.54. The minimum absolute atomic E-state index is 0.903. The van der Waals surface area contributed by atoms with E-state index in [9.17, 15) is 0 Å². The summed E-state index contributed by atoms with van der Waals surface area (Å²) in [7, 11) is 0. The van der Waals surface area contributed by atoms with Crippen LogP contribution in [0.15, 0.2) is 0 Å². The van der Waals surface area contributed by atoms with Gasteiger partial charge in [0.2, 0.25) is 0 Å². The molecular weight excluding hydrogens is 79.0 g/mol. The van der Waals surface area contributed by atoms with Crippen LogP contribution < -0.4 is 0 Å². The third-order valence-corrected chi connectivity index (χ3v) is 1.14. The quantitative estimate of drug-likeness (QED) is 0.467. The van der Waals surface area contributed by atoms with Crippen LogP contribution in [-0.4, -0.2) is 17.7 Å². The van der Waals surface area contributed by atoms with E-state index in [1.54, 1.807) is 0 Å². The summed E-state index contributed by atoms with van der Waals surface area (Å²) in [6, 6.07) is 0. The number of hydrogen-bond acceptors (Lipinski definition) is 0. The fraction of sp³-hybridized carbons (Fsp3) is 1.00. The third-order valence-electron chi connectivity index (χ3n) is 1.14. The van der Waals surface area contributed by atoms with E-state index in [0.717, 1.165) is 5.92 Å². The first-order valence-electron chi connectivity index (χ1n) is 3.27. The van der Waals surface area contributed by atoms with Crippen molar-refractivity contribution in [3.8, 4) is 0 Å². The summed E-state index contributed by atoms with van der Waals surface area (Å²) < 4.78 is 0. The number of rotatable bonds is 3. The zero-order chi connectivity index (χ0) is 5.70. The molecule has 0 aromatic carbocycles. The third kappa shape index (κ3) is 6.60. The molecule has 0 rings (SSSR count). The fourth-order valence-electron chi connectivity index (χ4n) is 0.612. The molecule has 0 bridgehead atoms. The van der Waals surface area contributed by atoms with Gasteiger partial charge in [-0.2, -0.15) is 0 Å². The molecule has 0 N–H and O–H groups in total. The van der Waals surface area contributed by atoms with Crippen molar-refractivity contribution in [1.29, 1.82) is 0 Å². The molecule has 0 saturated carbocycles. The van der Waals surface area contributed by atoms with Gasteiger partial charge in [-0.05, 0) is 0 Å². The van der Waals surface area contributed by atoms with Gasteiger partial charge in [-0.1, -0.05) is 0 Å². The van der Waals surface area contributed by atoms with E-state index in [2.05, 4.69) is 31.6 Å². The van der Waals surface area contributed by atoms with Crippen molar-refractivity contribution in [2.24, 2.45) is 5.92 Å². The van der Waals surface area contributed by atoms with Gasteiger partial charge in [0.1, 0.15) is 0 Å². The van der Waals surface area contributed by atoms with Crippen LogP contribution >= 0.6 is 0 Å². The minimum atomic E-state index is 0.903. The Morgan fingerprint density at radius 1 is 1.43 bits per heavy atom. The Morgan fingerprint density at radius 3 is 2.14 bits per heavy atom. The molecule has 0 saturated heterocycles. The molecule has 0 aromatic rings. The molecule has 0 aromatic heterocycles. The first-order valence-corrected chi connectivity index (χ1v) is 3.27. The Labute approximate surface area is 55.9 Å². The second kappa shape index (κ2) is 4.75. The van der Waals surface area contributed by atoms with Gasteiger partial charge in [0.15, 0.2) is 0 Å². The van der Waals surface area contributed by atoms with E-state index >= 15 is 0 Å². The second-order valence-corrected chi connectivity index (χ2v) is 2.54. The molecule has 38 valence electrons. The zero-order valence-corrected chi connectivity index (χ0v) is 5.70. The van der Waals surface area contributed by atoms with Gasteiger partial charge < -0.3 is 0 Å². The summed E-state index contributed by atoms with van der Waals surface area (Å²) >= 11 is 2.24. The molecule has 0 amide bonds. The van der Waals surface area contributed by atoms with Gasteiger partial charge in [0.05, 0.1) is 0 Å². The summed E-state index contributed by atoms with van der Waals surface area (Å²) in [6.45, 7) is 4.55. The van der Waals surface area contributed by atoms with Crippen molar-refractivity contribution in [2.75, 3.05) is 0 Å². The van der Waals surface area contributed by atoms with Crippen LogP contribution in [0.4, 0.5) is 0 Å². The Hall–Kier alpha value is 0.597. The van der Waals surface area contributed by atoms with E-state index in [0.29, 0.717) is 0 Å². The zero-order valence-electron chi connectivity index (χ0n) is 5.70. The average Bonchev–Trinajstić information content (AvgIpc) is 1.61. The van der Waals surface area contributed by atoms with Crippen molar-refractivity contribution in [3.63, 3.8) is 0 Å². The predicted octanol–water partition coefficient (Wildman–Crippen LogP) is 2.01. The standard InChI is InChI=1S/C6H13.Li/c1-4-5-6(2)3;/h6H,1,4-5H2,2-3H3;. The summed E-state index contributed by atoms with van der Waals surface area (Å²) in [5.41, 5.74) is 0. The van der Waals surface area contributed by atoms with Crippen LogP contribution in [0.2, 0.25) is 5.09 Å². The van der Waals surface area contributed by atoms with Crippen molar-refractivity contribution in [2.45, 2.75) is 31.8 Å². The van der Waals surface area contributed by atoms with E-state index in [-0.39, 0.29) is 0 Å². The topological polar surface area (TPSA) is 0 Å². The van der Waals surface area contributed by atoms with Crippen molar-refractivity contribution in [3.05, 3.63) is 0 Å². The Balaban J connectivity index is 2.68. The summed E-state index contributed by atoms with van der Waals surface area (Å²) in [6.07, 6.45) is 2.80. The molecule has 0 radical (unpaired) electrons. The van der Waals surface area contributed by atoms with Gasteiger partial charge in [0.25, 0.3) is 0 Å². The Morgan fingerprint density at radius 2 is 2.00 bits per heavy atom. The van der Waals surface area contributed by atoms with E-state index in [1.165, 1.54) is 17.9 Å². The molecule has 0 aliphatic heterocycles. The molecule has 0 fully saturated rings. The molecule has 0 atom stereocenters. The normalized spacial score (nSPS) is 10.4. The monoisotopic (exact) mass is 92.1 g/mol. The van der Waals surface area contributed by atoms with E-state index < -0.39 is 0 Å². The Kier molecular flexibility index (Phi) is 5.15. The van der Waals surface area contributed by atoms with Crippen molar-refractivity contribution in [1.82, 2.24) is 0 Å². The van der Waals surface area contributed by atoms with Crippen LogP contribution in [-0.2, 0) is 0 Å². The molecule has 0 unspecified atom stereocenters. The first-order chi connectivity index (χ1) is 3.27. The van der Waals surface area contributed by atoms with Crippen LogP contribution in [0.1, 0.15) is 26.7 Å². The summed E-state index contributed by atoms with van der Waals surface area (Å²) in [5.74, 6) is 0.903. The molecule has 0 heterocycles. The van der Waals surface area contributed by atoms with Gasteiger partial charge in [-0.25, -0.2) is 0 Å². The van der Waals surface area contributed by atoms with Gasteiger partial charge in [0, 0.05) is 0 Å². The van der Waals surface area contributed by atoms with Crippen LogP contribution in [0, 0.1) is 5.92 Å². The molecule has 0 nitrogen and oxygen atoms in total. The molecule has 7 heavy (non-hydrogen) atoms. The van der Waals surface area contributed by atoms with Crippen molar-refractivity contribution >= 4 is 17.7 Å². The molecule has 0 spiro atoms. The predicted molar refractivity (Wildman–Crippen MR) is 34.6 cm³/mol. The van der Waals surface area contributed by atoms with Crippen LogP contribution in [0.3, 0.4) is 0 Å². The SMILES string of the molecule is [Li][CH2]CCC(C)C. The summed E-state index contributed by atoms with van der Waals surface area (Å²) in [5, 5.41) is 1.35. The Bertz CT molecular complexity index is 33.2. The fourth-order valence-corrected chi connectivity index (χ4v) is 0.612. The maximum atomic E-state index is 2.27. The maximum absolute atomic E-state index is 2.27. The van der Waals surface area contributed by atoms with Crippen LogP contribution in [0.25, 0.3) is 0 Å². The van der Waals surface area contributed by atoms with Gasteiger partial charge in [-0.3, -0.25) is 0 Å². The van der Waals surface area contributed by atoms with Crippen LogP contribution in [0.5, 0.6) is 0 Å².